The number of alkyl halides is 1. The third-order valence-electron chi connectivity index (χ3n) is 2.60. The van der Waals surface area contributed by atoms with Crippen molar-refractivity contribution in [2.75, 3.05) is 0 Å². The average Bonchev–Trinajstić information content (AvgIpc) is 2.26. The summed E-state index contributed by atoms with van der Waals surface area (Å²) in [7, 11) is 0. The zero-order valence-corrected chi connectivity index (χ0v) is 10.8. The van der Waals surface area contributed by atoms with Crippen molar-refractivity contribution in [2.45, 2.75) is 11.0 Å². The molecule has 2 atom stereocenters. The Morgan fingerprint density at radius 1 is 1.18 bits per heavy atom. The summed E-state index contributed by atoms with van der Waals surface area (Å²) in [5.41, 5.74) is 0.360. The van der Waals surface area contributed by atoms with E-state index in [1.54, 1.807) is 18.2 Å². The number of phenolic OH excluding ortho intramolecular Hbond substituents is 1. The van der Waals surface area contributed by atoms with Gasteiger partial charge >= 0.3 is 0 Å². The topological polar surface area (TPSA) is 40.5 Å². The van der Waals surface area contributed by atoms with Gasteiger partial charge in [0.2, 0.25) is 0 Å². The molecule has 2 unspecified atom stereocenters. The SMILES string of the molecule is Oc1ccccc1C1(Cl)C=C(Cl)C=C(Cl)C1O. The molecule has 0 aliphatic heterocycles. The monoisotopic (exact) mass is 290 g/mol. The summed E-state index contributed by atoms with van der Waals surface area (Å²) in [6.45, 7) is 0. The lowest BCUT2D eigenvalue weighted by Crippen LogP contribution is -2.34. The number of aromatic hydroxyl groups is 1. The Bertz CT molecular complexity index is 510. The third-order valence-corrected chi connectivity index (χ3v) is 3.65. The van der Waals surface area contributed by atoms with Crippen LogP contribution >= 0.6 is 34.8 Å². The third kappa shape index (κ3) is 2.18. The van der Waals surface area contributed by atoms with E-state index in [2.05, 4.69) is 0 Å². The van der Waals surface area contributed by atoms with Gasteiger partial charge in [0.25, 0.3) is 0 Å². The van der Waals surface area contributed by atoms with Crippen LogP contribution in [0, 0.1) is 0 Å². The van der Waals surface area contributed by atoms with Gasteiger partial charge in [0.15, 0.2) is 0 Å². The summed E-state index contributed by atoms with van der Waals surface area (Å²) >= 11 is 18.1. The summed E-state index contributed by atoms with van der Waals surface area (Å²) in [6, 6.07) is 6.47. The number of aliphatic hydroxyl groups excluding tert-OH is 1. The minimum atomic E-state index is -1.35. The van der Waals surface area contributed by atoms with Crippen LogP contribution < -0.4 is 0 Å². The first-order valence-electron chi connectivity index (χ1n) is 4.86. The van der Waals surface area contributed by atoms with Gasteiger partial charge in [-0.05, 0) is 18.2 Å². The Hall–Kier alpha value is -0.670. The van der Waals surface area contributed by atoms with Gasteiger partial charge < -0.3 is 10.2 Å². The van der Waals surface area contributed by atoms with E-state index < -0.39 is 11.0 Å². The molecular weight excluding hydrogens is 282 g/mol. The lowest BCUT2D eigenvalue weighted by Gasteiger charge is -2.32. The van der Waals surface area contributed by atoms with Crippen molar-refractivity contribution >= 4 is 34.8 Å². The maximum atomic E-state index is 10.0. The number of hydrogen-bond donors (Lipinski definition) is 2. The molecule has 1 aliphatic carbocycles. The first-order chi connectivity index (χ1) is 7.95. The van der Waals surface area contributed by atoms with Crippen molar-refractivity contribution in [3.63, 3.8) is 0 Å². The number of phenols is 1. The predicted molar refractivity (Wildman–Crippen MR) is 69.5 cm³/mol. The second-order valence-corrected chi connectivity index (χ2v) is 5.24. The minimum absolute atomic E-state index is 0.0198. The number of halogens is 3. The molecule has 0 radical (unpaired) electrons. The molecule has 2 rings (SSSR count). The molecule has 0 saturated carbocycles. The fourth-order valence-electron chi connectivity index (χ4n) is 1.76. The molecule has 1 aromatic rings. The van der Waals surface area contributed by atoms with Crippen molar-refractivity contribution in [2.24, 2.45) is 0 Å². The molecule has 1 aromatic carbocycles. The molecule has 0 fully saturated rings. The first kappa shape index (κ1) is 12.8. The van der Waals surface area contributed by atoms with Crippen molar-refractivity contribution < 1.29 is 10.2 Å². The van der Waals surface area contributed by atoms with Crippen molar-refractivity contribution in [3.8, 4) is 5.75 Å². The van der Waals surface area contributed by atoms with Gasteiger partial charge in [-0.2, -0.15) is 0 Å². The molecule has 90 valence electrons. The highest BCUT2D eigenvalue weighted by Gasteiger charge is 2.41. The summed E-state index contributed by atoms with van der Waals surface area (Å²) in [5.74, 6) is -0.0198. The van der Waals surface area contributed by atoms with Crippen molar-refractivity contribution in [1.82, 2.24) is 0 Å². The number of aliphatic hydroxyl groups is 1. The van der Waals surface area contributed by atoms with E-state index in [1.807, 2.05) is 0 Å². The molecule has 0 aromatic heterocycles. The van der Waals surface area contributed by atoms with Crippen LogP contribution in [0.5, 0.6) is 5.75 Å². The van der Waals surface area contributed by atoms with Gasteiger partial charge in [-0.3, -0.25) is 0 Å². The number of benzene rings is 1. The molecule has 2 N–H and O–H groups in total. The average molecular weight is 292 g/mol. The van der Waals surface area contributed by atoms with E-state index >= 15 is 0 Å². The lowest BCUT2D eigenvalue weighted by atomic mass is 9.88. The van der Waals surface area contributed by atoms with E-state index in [4.69, 9.17) is 34.8 Å². The fourth-order valence-corrected chi connectivity index (χ4v) is 2.90. The van der Waals surface area contributed by atoms with Gasteiger partial charge in [0.1, 0.15) is 16.7 Å². The van der Waals surface area contributed by atoms with Crippen molar-refractivity contribution in [1.29, 1.82) is 0 Å². The van der Waals surface area contributed by atoms with E-state index in [-0.39, 0.29) is 10.8 Å². The zero-order chi connectivity index (χ0) is 12.6. The van der Waals surface area contributed by atoms with E-state index in [1.165, 1.54) is 18.2 Å². The highest BCUT2D eigenvalue weighted by molar-refractivity contribution is 6.38. The predicted octanol–water partition coefficient (Wildman–Crippen LogP) is 3.45. The van der Waals surface area contributed by atoms with Crippen LogP contribution in [0.2, 0.25) is 0 Å². The summed E-state index contributed by atoms with van der Waals surface area (Å²) in [5, 5.41) is 20.3. The van der Waals surface area contributed by atoms with Crippen LogP contribution in [0.3, 0.4) is 0 Å². The van der Waals surface area contributed by atoms with Gasteiger partial charge in [-0.25, -0.2) is 0 Å². The summed E-state index contributed by atoms with van der Waals surface area (Å²) in [6.07, 6.45) is 1.73. The van der Waals surface area contributed by atoms with Gasteiger partial charge in [-0.15, -0.1) is 11.6 Å². The van der Waals surface area contributed by atoms with Crippen LogP contribution in [0.25, 0.3) is 0 Å². The van der Waals surface area contributed by atoms with E-state index in [0.29, 0.717) is 10.6 Å². The standard InChI is InChI=1S/C12H9Cl3O2/c13-7-5-9(14)11(17)12(15,6-7)8-3-1-2-4-10(8)16/h1-6,11,16-17H. The number of para-hydroxylation sites is 1. The first-order valence-corrected chi connectivity index (χ1v) is 5.99. The number of rotatable bonds is 1. The van der Waals surface area contributed by atoms with E-state index in [9.17, 15) is 10.2 Å². The van der Waals surface area contributed by atoms with Crippen LogP contribution in [0.4, 0.5) is 0 Å². The molecular formula is C12H9Cl3O2. The van der Waals surface area contributed by atoms with Crippen LogP contribution in [-0.2, 0) is 4.87 Å². The normalized spacial score (nSPS) is 28.6. The Labute approximate surface area is 114 Å². The van der Waals surface area contributed by atoms with Gasteiger partial charge in [0.05, 0.1) is 5.03 Å². The highest BCUT2D eigenvalue weighted by Crippen LogP contribution is 2.46. The molecule has 0 saturated heterocycles. The van der Waals surface area contributed by atoms with Crippen LogP contribution in [0.1, 0.15) is 5.56 Å². The molecule has 0 bridgehead atoms. The van der Waals surface area contributed by atoms with Crippen molar-refractivity contribution in [3.05, 3.63) is 52.0 Å². The molecule has 17 heavy (non-hydrogen) atoms. The molecule has 0 spiro atoms. The second kappa shape index (κ2) is 4.54. The van der Waals surface area contributed by atoms with Crippen LogP contribution in [0.15, 0.2) is 46.5 Å². The minimum Gasteiger partial charge on any atom is -0.508 e. The smallest absolute Gasteiger partial charge is 0.124 e. The van der Waals surface area contributed by atoms with Gasteiger partial charge in [-0.1, -0.05) is 41.4 Å². The molecule has 5 heteroatoms. The van der Waals surface area contributed by atoms with Crippen LogP contribution in [-0.4, -0.2) is 16.3 Å². The molecule has 1 aliphatic rings. The fraction of sp³-hybridized carbons (Fsp3) is 0.167. The maximum Gasteiger partial charge on any atom is 0.124 e. The summed E-state index contributed by atoms with van der Waals surface area (Å²) < 4.78 is 0. The number of hydrogen-bond acceptors (Lipinski definition) is 2. The molecule has 2 nitrogen and oxygen atoms in total. The Morgan fingerprint density at radius 3 is 2.47 bits per heavy atom. The van der Waals surface area contributed by atoms with Gasteiger partial charge in [0, 0.05) is 10.6 Å². The maximum absolute atomic E-state index is 10.0. The molecule has 0 amide bonds. The Kier molecular flexibility index (Phi) is 3.41. The number of allylic oxidation sites excluding steroid dienone is 2. The summed E-state index contributed by atoms with van der Waals surface area (Å²) in [4.78, 5) is -1.35. The quantitative estimate of drug-likeness (QED) is 0.778. The van der Waals surface area contributed by atoms with E-state index in [0.717, 1.165) is 0 Å². The highest BCUT2D eigenvalue weighted by atomic mass is 35.5. The lowest BCUT2D eigenvalue weighted by molar-refractivity contribution is 0.182. The Morgan fingerprint density at radius 2 is 1.82 bits per heavy atom. The molecule has 0 heterocycles. The second-order valence-electron chi connectivity index (χ2n) is 3.75. The largest absolute Gasteiger partial charge is 0.508 e. The zero-order valence-electron chi connectivity index (χ0n) is 8.57. The Balaban J connectivity index is 2.58.